The van der Waals surface area contributed by atoms with E-state index in [0.29, 0.717) is 25.4 Å². The van der Waals surface area contributed by atoms with Crippen LogP contribution in [0.25, 0.3) is 0 Å². The van der Waals surface area contributed by atoms with Crippen LogP contribution in [0.15, 0.2) is 45.9 Å². The first-order chi connectivity index (χ1) is 12.9. The number of furan rings is 1. The highest BCUT2D eigenvalue weighted by Gasteiger charge is 2.32. The minimum atomic E-state index is -3.79. The molecule has 27 heavy (non-hydrogen) atoms. The van der Waals surface area contributed by atoms with Crippen molar-refractivity contribution in [1.29, 1.82) is 0 Å². The van der Waals surface area contributed by atoms with E-state index in [9.17, 15) is 13.2 Å². The van der Waals surface area contributed by atoms with Crippen LogP contribution < -0.4 is 5.32 Å². The van der Waals surface area contributed by atoms with Gasteiger partial charge < -0.3 is 9.73 Å². The van der Waals surface area contributed by atoms with Gasteiger partial charge in [-0.05, 0) is 24.3 Å². The van der Waals surface area contributed by atoms with Crippen LogP contribution in [0.1, 0.15) is 5.76 Å². The fourth-order valence-electron chi connectivity index (χ4n) is 2.84. The molecule has 0 radical (unpaired) electrons. The molecule has 0 saturated carbocycles. The van der Waals surface area contributed by atoms with Crippen LogP contribution in [0, 0.1) is 0 Å². The van der Waals surface area contributed by atoms with E-state index in [4.69, 9.17) is 27.6 Å². The van der Waals surface area contributed by atoms with Crippen LogP contribution in [0.4, 0.5) is 0 Å². The second-order valence-corrected chi connectivity index (χ2v) is 8.78. The molecule has 0 bridgehead atoms. The molecule has 1 aliphatic rings. The van der Waals surface area contributed by atoms with E-state index in [1.54, 1.807) is 24.5 Å². The van der Waals surface area contributed by atoms with Crippen molar-refractivity contribution in [2.24, 2.45) is 0 Å². The molecule has 3 rings (SSSR count). The van der Waals surface area contributed by atoms with Crippen molar-refractivity contribution in [1.82, 2.24) is 14.5 Å². The Balaban J connectivity index is 1.54. The van der Waals surface area contributed by atoms with Crippen LogP contribution in [0.3, 0.4) is 0 Å². The maximum absolute atomic E-state index is 12.8. The number of hydrogen-bond donors (Lipinski definition) is 1. The predicted molar refractivity (Wildman–Crippen MR) is 102 cm³/mol. The Kier molecular flexibility index (Phi) is 6.44. The molecule has 1 fully saturated rings. The average Bonchev–Trinajstić information content (AvgIpc) is 3.14. The summed E-state index contributed by atoms with van der Waals surface area (Å²) in [5.41, 5.74) is 0. The Morgan fingerprint density at radius 2 is 1.74 bits per heavy atom. The van der Waals surface area contributed by atoms with Gasteiger partial charge >= 0.3 is 0 Å². The lowest BCUT2D eigenvalue weighted by atomic mass is 10.3. The number of hydrogen-bond acceptors (Lipinski definition) is 5. The maximum atomic E-state index is 12.8. The van der Waals surface area contributed by atoms with E-state index < -0.39 is 10.0 Å². The number of piperazine rings is 1. The summed E-state index contributed by atoms with van der Waals surface area (Å²) in [6.45, 7) is 1.92. The van der Waals surface area contributed by atoms with Crippen molar-refractivity contribution in [2.75, 3.05) is 32.7 Å². The smallest absolute Gasteiger partial charge is 0.246 e. The van der Waals surface area contributed by atoms with E-state index in [2.05, 4.69) is 5.32 Å². The first kappa shape index (κ1) is 20.2. The Labute approximate surface area is 167 Å². The normalized spacial score (nSPS) is 16.4. The van der Waals surface area contributed by atoms with Crippen LogP contribution in [0.5, 0.6) is 0 Å². The third-order valence-electron chi connectivity index (χ3n) is 4.26. The van der Waals surface area contributed by atoms with Gasteiger partial charge in [0.15, 0.2) is 0 Å². The summed E-state index contributed by atoms with van der Waals surface area (Å²) < 4.78 is 32.2. The quantitative estimate of drug-likeness (QED) is 0.757. The predicted octanol–water partition coefficient (Wildman–Crippen LogP) is 2.21. The molecule has 1 N–H and O–H groups in total. The molecular weight excluding hydrogens is 413 g/mol. The zero-order chi connectivity index (χ0) is 19.4. The average molecular weight is 432 g/mol. The van der Waals surface area contributed by atoms with Gasteiger partial charge in [0, 0.05) is 26.2 Å². The summed E-state index contributed by atoms with van der Waals surface area (Å²) in [5, 5.41) is 2.97. The van der Waals surface area contributed by atoms with Gasteiger partial charge in [-0.2, -0.15) is 4.31 Å². The second-order valence-electron chi connectivity index (χ2n) is 6.09. The molecule has 1 amide bonds. The molecule has 7 nitrogen and oxygen atoms in total. The van der Waals surface area contributed by atoms with Gasteiger partial charge in [-0.3, -0.25) is 9.69 Å². The van der Waals surface area contributed by atoms with Crippen molar-refractivity contribution >= 4 is 39.1 Å². The van der Waals surface area contributed by atoms with E-state index in [-0.39, 0.29) is 40.5 Å². The molecule has 0 atom stereocenters. The number of sulfonamides is 1. The Hall–Kier alpha value is -1.58. The van der Waals surface area contributed by atoms with E-state index in [1.165, 1.54) is 16.4 Å². The van der Waals surface area contributed by atoms with Gasteiger partial charge in [0.05, 0.1) is 29.4 Å². The third kappa shape index (κ3) is 4.83. The van der Waals surface area contributed by atoms with Gasteiger partial charge in [-0.15, -0.1) is 0 Å². The topological polar surface area (TPSA) is 82.9 Å². The zero-order valence-electron chi connectivity index (χ0n) is 14.4. The van der Waals surface area contributed by atoms with Crippen molar-refractivity contribution in [3.63, 3.8) is 0 Å². The molecule has 0 spiro atoms. The lowest BCUT2D eigenvalue weighted by molar-refractivity contribution is -0.122. The largest absolute Gasteiger partial charge is 0.467 e. The Bertz CT molecular complexity index is 875. The van der Waals surface area contributed by atoms with Crippen molar-refractivity contribution in [2.45, 2.75) is 11.4 Å². The number of amides is 1. The first-order valence-electron chi connectivity index (χ1n) is 8.33. The van der Waals surface area contributed by atoms with Crippen molar-refractivity contribution < 1.29 is 17.6 Å². The van der Waals surface area contributed by atoms with Gasteiger partial charge in [-0.25, -0.2) is 8.42 Å². The van der Waals surface area contributed by atoms with Gasteiger partial charge in [-0.1, -0.05) is 29.3 Å². The van der Waals surface area contributed by atoms with Crippen LogP contribution in [-0.2, 0) is 21.4 Å². The van der Waals surface area contributed by atoms with Gasteiger partial charge in [0.2, 0.25) is 15.9 Å². The summed E-state index contributed by atoms with van der Waals surface area (Å²) in [7, 11) is -3.79. The van der Waals surface area contributed by atoms with Crippen LogP contribution in [0.2, 0.25) is 10.0 Å². The molecule has 10 heteroatoms. The number of benzene rings is 1. The van der Waals surface area contributed by atoms with E-state index in [0.717, 1.165) is 0 Å². The van der Waals surface area contributed by atoms with Crippen LogP contribution in [-0.4, -0.2) is 56.3 Å². The van der Waals surface area contributed by atoms with E-state index >= 15 is 0 Å². The molecular formula is C17H19Cl2N3O4S. The minimum absolute atomic E-state index is 0.0713. The molecule has 1 aliphatic heterocycles. The zero-order valence-corrected chi connectivity index (χ0v) is 16.7. The monoisotopic (exact) mass is 431 g/mol. The third-order valence-corrected chi connectivity index (χ3v) is 7.11. The fourth-order valence-corrected chi connectivity index (χ4v) is 5.36. The molecule has 146 valence electrons. The highest BCUT2D eigenvalue weighted by Crippen LogP contribution is 2.31. The molecule has 1 aromatic heterocycles. The summed E-state index contributed by atoms with van der Waals surface area (Å²) >= 11 is 12.1. The molecule has 2 heterocycles. The lowest BCUT2D eigenvalue weighted by Crippen LogP contribution is -2.51. The molecule has 2 aromatic rings. The van der Waals surface area contributed by atoms with Crippen LogP contribution >= 0.6 is 23.2 Å². The van der Waals surface area contributed by atoms with Gasteiger partial charge in [0.1, 0.15) is 10.7 Å². The number of carbonyl (C=O) groups is 1. The summed E-state index contributed by atoms with van der Waals surface area (Å²) in [5.74, 6) is 0.535. The number of rotatable bonds is 6. The first-order valence-corrected chi connectivity index (χ1v) is 10.5. The molecule has 1 saturated heterocycles. The maximum Gasteiger partial charge on any atom is 0.246 e. The summed E-state index contributed by atoms with van der Waals surface area (Å²) in [4.78, 5) is 13.9. The highest BCUT2D eigenvalue weighted by atomic mass is 35.5. The highest BCUT2D eigenvalue weighted by molar-refractivity contribution is 7.89. The lowest BCUT2D eigenvalue weighted by Gasteiger charge is -2.33. The second kappa shape index (κ2) is 8.62. The number of halogens is 2. The van der Waals surface area contributed by atoms with Crippen molar-refractivity contribution in [3.05, 3.63) is 52.4 Å². The molecule has 0 aliphatic carbocycles. The SMILES string of the molecule is O=C(CN1CCN(S(=O)(=O)c2c(Cl)cccc2Cl)CC1)NCc1ccco1. The number of carbonyl (C=O) groups excluding carboxylic acids is 1. The standard InChI is InChI=1S/C17H19Cl2N3O4S/c18-14-4-1-5-15(19)17(14)27(24,25)22-8-6-21(7-9-22)12-16(23)20-11-13-3-2-10-26-13/h1-5,10H,6-9,11-12H2,(H,20,23). The number of nitrogens with one attached hydrogen (secondary N) is 1. The number of nitrogens with zero attached hydrogens (tertiary/aromatic N) is 2. The molecule has 1 aromatic carbocycles. The Morgan fingerprint density at radius 1 is 1.07 bits per heavy atom. The van der Waals surface area contributed by atoms with E-state index in [1.807, 2.05) is 4.90 Å². The fraction of sp³-hybridized carbons (Fsp3) is 0.353. The minimum Gasteiger partial charge on any atom is -0.467 e. The summed E-state index contributed by atoms with van der Waals surface area (Å²) in [6.07, 6.45) is 1.55. The van der Waals surface area contributed by atoms with Gasteiger partial charge in [0.25, 0.3) is 0 Å². The Morgan fingerprint density at radius 3 is 2.33 bits per heavy atom. The summed E-state index contributed by atoms with van der Waals surface area (Å²) in [6, 6.07) is 8.14. The molecule has 0 unspecified atom stereocenters. The van der Waals surface area contributed by atoms with Crippen molar-refractivity contribution in [3.8, 4) is 0 Å².